The summed E-state index contributed by atoms with van der Waals surface area (Å²) in [5, 5.41) is 14.4. The van der Waals surface area contributed by atoms with Crippen LogP contribution in [0.1, 0.15) is 71.8 Å². The second kappa shape index (κ2) is 14.8. The van der Waals surface area contributed by atoms with Crippen LogP contribution in [0, 0.1) is 10.1 Å². The molecule has 1 heterocycles. The van der Waals surface area contributed by atoms with Crippen LogP contribution in [-0.2, 0) is 23.7 Å². The number of nitrogens with zero attached hydrogens (tertiary/aromatic N) is 1. The fourth-order valence-corrected chi connectivity index (χ4v) is 3.69. The van der Waals surface area contributed by atoms with E-state index >= 15 is 0 Å². The van der Waals surface area contributed by atoms with Crippen molar-refractivity contribution in [3.63, 3.8) is 0 Å². The fraction of sp³-hybridized carbons (Fsp3) is 0.538. The van der Waals surface area contributed by atoms with E-state index in [9.17, 15) is 19.7 Å². The number of ether oxygens (including phenoxy) is 5. The Morgan fingerprint density at radius 3 is 2.30 bits per heavy atom. The highest BCUT2D eigenvalue weighted by molar-refractivity contribution is 5.65. The molecule has 2 rings (SSSR count). The Labute approximate surface area is 216 Å². The van der Waals surface area contributed by atoms with Crippen LogP contribution < -0.4 is 5.32 Å². The molecule has 204 valence electrons. The van der Waals surface area contributed by atoms with Gasteiger partial charge in [-0.15, -0.1) is 0 Å². The highest BCUT2D eigenvalue weighted by Crippen LogP contribution is 2.40. The molecule has 0 amide bonds. The number of carbonyl (C=O) groups is 2. The minimum absolute atomic E-state index is 0.00716. The van der Waals surface area contributed by atoms with E-state index in [2.05, 4.69) is 12.2 Å². The van der Waals surface area contributed by atoms with E-state index in [1.165, 1.54) is 18.2 Å². The van der Waals surface area contributed by atoms with E-state index in [1.807, 2.05) is 0 Å². The standard InChI is InChI=1S/C26H36N2O9/c1-6-7-8-9-13-33-14-15-34-25(29)36-23-18(4)27-19(5)24(37-26(30)35-17(2)3)22(23)20-11-10-12-21(16-20)28(31)32/h10-12,16-17,22,27H,6-9,13-15H2,1-5H3. The van der Waals surface area contributed by atoms with Crippen molar-refractivity contribution < 1.29 is 38.2 Å². The van der Waals surface area contributed by atoms with E-state index in [4.69, 9.17) is 23.7 Å². The summed E-state index contributed by atoms with van der Waals surface area (Å²) in [6.45, 7) is 9.60. The van der Waals surface area contributed by atoms with Crippen LogP contribution in [0.5, 0.6) is 0 Å². The number of carbonyl (C=O) groups excluding carboxylic acids is 2. The van der Waals surface area contributed by atoms with Gasteiger partial charge >= 0.3 is 12.3 Å². The zero-order valence-electron chi connectivity index (χ0n) is 22.0. The Balaban J connectivity index is 2.20. The second-order valence-electron chi connectivity index (χ2n) is 8.78. The molecule has 1 aliphatic rings. The SMILES string of the molecule is CCCCCCOCCOC(=O)OC1=C(C)NC(C)=C(OC(=O)OC(C)C)C1c1cccc([N+](=O)[O-])c1. The van der Waals surface area contributed by atoms with Gasteiger partial charge in [0.05, 0.1) is 29.0 Å². The van der Waals surface area contributed by atoms with Crippen LogP contribution in [-0.4, -0.2) is 43.2 Å². The molecule has 0 fully saturated rings. The average Bonchev–Trinajstić information content (AvgIpc) is 2.83. The van der Waals surface area contributed by atoms with Gasteiger partial charge in [-0.2, -0.15) is 0 Å². The number of hydrogen-bond donors (Lipinski definition) is 1. The van der Waals surface area contributed by atoms with Crippen molar-refractivity contribution in [2.24, 2.45) is 0 Å². The Morgan fingerprint density at radius 2 is 1.68 bits per heavy atom. The monoisotopic (exact) mass is 520 g/mol. The highest BCUT2D eigenvalue weighted by Gasteiger charge is 2.36. The van der Waals surface area contributed by atoms with Gasteiger partial charge in [-0.3, -0.25) is 10.1 Å². The van der Waals surface area contributed by atoms with Gasteiger partial charge in [0.2, 0.25) is 0 Å². The first-order valence-corrected chi connectivity index (χ1v) is 12.4. The Morgan fingerprint density at radius 1 is 1.00 bits per heavy atom. The third-order valence-electron chi connectivity index (χ3n) is 5.36. The number of nitrogens with one attached hydrogen (secondary N) is 1. The molecule has 37 heavy (non-hydrogen) atoms. The van der Waals surface area contributed by atoms with Crippen LogP contribution in [0.3, 0.4) is 0 Å². The lowest BCUT2D eigenvalue weighted by atomic mass is 9.90. The largest absolute Gasteiger partial charge is 0.513 e. The van der Waals surface area contributed by atoms with Gasteiger partial charge in [0.1, 0.15) is 24.0 Å². The highest BCUT2D eigenvalue weighted by atomic mass is 16.7. The first-order chi connectivity index (χ1) is 17.6. The molecule has 0 aromatic heterocycles. The van der Waals surface area contributed by atoms with Gasteiger partial charge in [-0.25, -0.2) is 9.59 Å². The number of unbranched alkanes of at least 4 members (excludes halogenated alkanes) is 3. The lowest BCUT2D eigenvalue weighted by molar-refractivity contribution is -0.384. The molecule has 1 aromatic carbocycles. The van der Waals surface area contributed by atoms with Crippen molar-refractivity contribution in [1.82, 2.24) is 5.32 Å². The number of non-ortho nitro benzene ring substituents is 1. The first kappa shape index (κ1) is 29.6. The van der Waals surface area contributed by atoms with Crippen molar-refractivity contribution in [2.45, 2.75) is 72.3 Å². The summed E-state index contributed by atoms with van der Waals surface area (Å²) in [4.78, 5) is 35.7. The van der Waals surface area contributed by atoms with E-state index in [0.29, 0.717) is 23.6 Å². The summed E-state index contributed by atoms with van der Waals surface area (Å²) in [5.74, 6) is -0.804. The van der Waals surface area contributed by atoms with Gasteiger partial charge < -0.3 is 29.0 Å². The molecule has 1 atom stereocenters. The van der Waals surface area contributed by atoms with Gasteiger partial charge in [0, 0.05) is 18.7 Å². The third-order valence-corrected chi connectivity index (χ3v) is 5.36. The molecule has 0 saturated heterocycles. The summed E-state index contributed by atoms with van der Waals surface area (Å²) in [6, 6.07) is 5.77. The number of nitro groups is 1. The van der Waals surface area contributed by atoms with Gasteiger partial charge in [-0.05, 0) is 39.7 Å². The molecular weight excluding hydrogens is 484 g/mol. The molecule has 0 spiro atoms. The van der Waals surface area contributed by atoms with E-state index in [0.717, 1.165) is 25.7 Å². The van der Waals surface area contributed by atoms with Crippen molar-refractivity contribution in [3.05, 3.63) is 62.9 Å². The number of benzene rings is 1. The van der Waals surface area contributed by atoms with Crippen LogP contribution in [0.4, 0.5) is 15.3 Å². The number of dihydropyridines is 1. The number of nitro benzene ring substituents is 1. The molecule has 11 nitrogen and oxygen atoms in total. The van der Waals surface area contributed by atoms with Crippen molar-refractivity contribution in [1.29, 1.82) is 0 Å². The molecule has 1 aliphatic heterocycles. The summed E-state index contributed by atoms with van der Waals surface area (Å²) >= 11 is 0. The average molecular weight is 521 g/mol. The Hall–Kier alpha value is -3.60. The zero-order valence-corrected chi connectivity index (χ0v) is 22.0. The first-order valence-electron chi connectivity index (χ1n) is 12.4. The minimum atomic E-state index is -0.982. The number of hydrogen-bond acceptors (Lipinski definition) is 10. The summed E-state index contributed by atoms with van der Waals surface area (Å²) in [5.41, 5.74) is 1.10. The van der Waals surface area contributed by atoms with Crippen molar-refractivity contribution >= 4 is 18.0 Å². The van der Waals surface area contributed by atoms with Crippen LogP contribution in [0.2, 0.25) is 0 Å². The molecular formula is C26H36N2O9. The molecule has 1 N–H and O–H groups in total. The van der Waals surface area contributed by atoms with Gasteiger partial charge in [0.25, 0.3) is 5.69 Å². The normalized spacial score (nSPS) is 15.4. The predicted molar refractivity (Wildman–Crippen MR) is 134 cm³/mol. The maximum Gasteiger partial charge on any atom is 0.513 e. The Bertz CT molecular complexity index is 1020. The quantitative estimate of drug-likeness (QED) is 0.141. The smallest absolute Gasteiger partial charge is 0.432 e. The number of rotatable bonds is 13. The Kier molecular flexibility index (Phi) is 11.9. The summed E-state index contributed by atoms with van der Waals surface area (Å²) in [7, 11) is 0. The van der Waals surface area contributed by atoms with Crippen LogP contribution in [0.15, 0.2) is 47.2 Å². The van der Waals surface area contributed by atoms with Crippen molar-refractivity contribution in [3.8, 4) is 0 Å². The molecule has 0 radical (unpaired) electrons. The van der Waals surface area contributed by atoms with E-state index < -0.39 is 29.3 Å². The lowest BCUT2D eigenvalue weighted by Gasteiger charge is -2.30. The molecule has 0 saturated carbocycles. The fourth-order valence-electron chi connectivity index (χ4n) is 3.69. The van der Waals surface area contributed by atoms with E-state index in [-0.39, 0.29) is 30.4 Å². The predicted octanol–water partition coefficient (Wildman–Crippen LogP) is 6.06. The maximum atomic E-state index is 12.5. The maximum absolute atomic E-state index is 12.5. The van der Waals surface area contributed by atoms with Crippen molar-refractivity contribution in [2.75, 3.05) is 19.8 Å². The van der Waals surface area contributed by atoms with Gasteiger partial charge in [-0.1, -0.05) is 38.3 Å². The molecule has 1 aromatic rings. The topological polar surface area (TPSA) is 135 Å². The third kappa shape index (κ3) is 9.41. The zero-order chi connectivity index (χ0) is 27.4. The molecule has 11 heteroatoms. The van der Waals surface area contributed by atoms with E-state index in [1.54, 1.807) is 33.8 Å². The summed E-state index contributed by atoms with van der Waals surface area (Å²) < 4.78 is 26.8. The molecule has 0 bridgehead atoms. The van der Waals surface area contributed by atoms with Gasteiger partial charge in [0.15, 0.2) is 0 Å². The lowest BCUT2D eigenvalue weighted by Crippen LogP contribution is -2.29. The summed E-state index contributed by atoms with van der Waals surface area (Å²) in [6.07, 6.45) is 1.93. The molecule has 1 unspecified atom stereocenters. The molecule has 0 aliphatic carbocycles. The van der Waals surface area contributed by atoms with Crippen LogP contribution in [0.25, 0.3) is 0 Å². The van der Waals surface area contributed by atoms with Crippen LogP contribution >= 0.6 is 0 Å². The minimum Gasteiger partial charge on any atom is -0.432 e. The number of allylic oxidation sites excluding steroid dienone is 2. The second-order valence-corrected chi connectivity index (χ2v) is 8.78.